The Labute approximate surface area is 115 Å². The first-order chi connectivity index (χ1) is 9.20. The van der Waals surface area contributed by atoms with E-state index in [2.05, 4.69) is 4.74 Å². The van der Waals surface area contributed by atoms with Crippen LogP contribution >= 0.6 is 0 Å². The lowest BCUT2D eigenvalue weighted by Gasteiger charge is -2.38. The van der Waals surface area contributed by atoms with E-state index < -0.39 is 45.7 Å². The fraction of sp³-hybridized carbons (Fsp3) is 0.889. The van der Waals surface area contributed by atoms with E-state index in [9.17, 15) is 44.1 Å². The molecule has 0 spiro atoms. The number of halogens is 6. The summed E-state index contributed by atoms with van der Waals surface area (Å²) < 4.78 is 111. The molecule has 0 aromatic heterocycles. The van der Waals surface area contributed by atoms with Crippen molar-refractivity contribution in [1.82, 2.24) is 0 Å². The van der Waals surface area contributed by atoms with Crippen molar-refractivity contribution in [1.29, 1.82) is 0 Å². The molecule has 0 aliphatic heterocycles. The van der Waals surface area contributed by atoms with E-state index in [0.717, 1.165) is 0 Å². The molecule has 0 aromatic carbocycles. The lowest BCUT2D eigenvalue weighted by molar-refractivity contribution is -0.362. The summed E-state index contributed by atoms with van der Waals surface area (Å²) in [7, 11) is -5.98. The largest absolute Gasteiger partial charge is 0.748 e. The molecule has 1 aliphatic rings. The van der Waals surface area contributed by atoms with Crippen LogP contribution in [0.25, 0.3) is 0 Å². The topological polar surface area (TPSA) is 83.5 Å². The van der Waals surface area contributed by atoms with Gasteiger partial charge in [0.2, 0.25) is 0 Å². The quantitative estimate of drug-likeness (QED) is 0.441. The highest BCUT2D eigenvalue weighted by Gasteiger charge is 2.75. The monoisotopic (exact) mass is 343 g/mol. The molecule has 1 aliphatic carbocycles. The van der Waals surface area contributed by atoms with Crippen LogP contribution in [-0.4, -0.2) is 42.6 Å². The predicted octanol–water partition coefficient (Wildman–Crippen LogP) is 1.74. The smallest absolute Gasteiger partial charge is 0.438 e. The number of esters is 1. The SMILES string of the molecule is O=C(OC(CS(=O)(=O)[O-])(C(F)(F)F)C(F)(F)F)C1CCC1. The van der Waals surface area contributed by atoms with E-state index in [1.165, 1.54) is 0 Å². The zero-order valence-corrected chi connectivity index (χ0v) is 10.9. The van der Waals surface area contributed by atoms with Crippen LogP contribution in [0.5, 0.6) is 0 Å². The van der Waals surface area contributed by atoms with Crippen LogP contribution in [0.3, 0.4) is 0 Å². The van der Waals surface area contributed by atoms with E-state index in [-0.39, 0.29) is 12.8 Å². The van der Waals surface area contributed by atoms with E-state index >= 15 is 0 Å². The van der Waals surface area contributed by atoms with Gasteiger partial charge in [-0.2, -0.15) is 26.3 Å². The van der Waals surface area contributed by atoms with Gasteiger partial charge in [0, 0.05) is 0 Å². The Morgan fingerprint density at radius 2 is 1.52 bits per heavy atom. The Morgan fingerprint density at radius 1 is 1.10 bits per heavy atom. The Kier molecular flexibility index (Phi) is 4.55. The van der Waals surface area contributed by atoms with Gasteiger partial charge < -0.3 is 9.29 Å². The number of rotatable bonds is 4. The summed E-state index contributed by atoms with van der Waals surface area (Å²) in [5.41, 5.74) is -5.35. The standard InChI is InChI=1S/C9H10F6O5S/c10-8(11,12)7(9(13,14)15,4-21(17,18)19)20-6(16)5-2-1-3-5/h5H,1-4H2,(H,17,18,19)/p-1. The number of hydrogen-bond acceptors (Lipinski definition) is 5. The normalized spacial score (nSPS) is 18.2. The fourth-order valence-corrected chi connectivity index (χ4v) is 2.50. The molecule has 1 rings (SSSR count). The van der Waals surface area contributed by atoms with Crippen LogP contribution in [0.15, 0.2) is 0 Å². The highest BCUT2D eigenvalue weighted by molar-refractivity contribution is 7.85. The van der Waals surface area contributed by atoms with Crippen LogP contribution in [0.4, 0.5) is 26.3 Å². The number of carbonyl (C=O) groups is 1. The fourth-order valence-electron chi connectivity index (χ4n) is 1.62. The minimum Gasteiger partial charge on any atom is -0.748 e. The summed E-state index contributed by atoms with van der Waals surface area (Å²) in [4.78, 5) is 11.3. The maximum absolute atomic E-state index is 12.7. The Hall–Kier alpha value is -1.04. The second-order valence-corrected chi connectivity index (χ2v) is 5.98. The number of hydrogen-bond donors (Lipinski definition) is 0. The zero-order valence-electron chi connectivity index (χ0n) is 10.1. The second-order valence-electron chi connectivity index (χ2n) is 4.57. The third kappa shape index (κ3) is 3.78. The summed E-state index contributed by atoms with van der Waals surface area (Å²) in [6.07, 6.45) is -12.1. The molecular weight excluding hydrogens is 334 g/mol. The maximum atomic E-state index is 12.7. The molecule has 1 saturated carbocycles. The molecule has 0 saturated heterocycles. The lowest BCUT2D eigenvalue weighted by Crippen LogP contribution is -2.64. The molecule has 12 heteroatoms. The summed E-state index contributed by atoms with van der Waals surface area (Å²) in [5, 5.41) is 0. The molecule has 0 unspecified atom stereocenters. The average Bonchev–Trinajstić information content (AvgIpc) is 2.06. The first-order valence-electron chi connectivity index (χ1n) is 5.49. The van der Waals surface area contributed by atoms with E-state index in [0.29, 0.717) is 6.42 Å². The van der Waals surface area contributed by atoms with Gasteiger partial charge in [-0.25, -0.2) is 8.42 Å². The van der Waals surface area contributed by atoms with Crippen molar-refractivity contribution in [3.05, 3.63) is 0 Å². The summed E-state index contributed by atoms with van der Waals surface area (Å²) in [6, 6.07) is 0. The predicted molar refractivity (Wildman–Crippen MR) is 52.8 cm³/mol. The van der Waals surface area contributed by atoms with Gasteiger partial charge in [-0.15, -0.1) is 0 Å². The first kappa shape index (κ1) is 18.0. The molecule has 0 atom stereocenters. The lowest BCUT2D eigenvalue weighted by atomic mass is 9.85. The molecule has 124 valence electrons. The van der Waals surface area contributed by atoms with Crippen molar-refractivity contribution in [3.63, 3.8) is 0 Å². The number of ether oxygens (including phenoxy) is 1. The number of carbonyl (C=O) groups excluding carboxylic acids is 1. The minimum absolute atomic E-state index is 0.0365. The Balaban J connectivity index is 3.26. The molecule has 0 aromatic rings. The van der Waals surface area contributed by atoms with Crippen molar-refractivity contribution >= 4 is 16.1 Å². The van der Waals surface area contributed by atoms with E-state index in [4.69, 9.17) is 0 Å². The van der Waals surface area contributed by atoms with Crippen LogP contribution in [-0.2, 0) is 19.6 Å². The van der Waals surface area contributed by atoms with Gasteiger partial charge in [-0.05, 0) is 12.8 Å². The first-order valence-corrected chi connectivity index (χ1v) is 7.07. The summed E-state index contributed by atoms with van der Waals surface area (Å²) in [6.45, 7) is 0. The van der Waals surface area contributed by atoms with Crippen molar-refractivity contribution in [2.45, 2.75) is 37.2 Å². The van der Waals surface area contributed by atoms with Gasteiger partial charge in [0.25, 0.3) is 0 Å². The second kappa shape index (κ2) is 5.30. The summed E-state index contributed by atoms with van der Waals surface area (Å²) in [5.74, 6) is -5.94. The third-order valence-corrected chi connectivity index (χ3v) is 3.77. The average molecular weight is 343 g/mol. The Morgan fingerprint density at radius 3 is 1.76 bits per heavy atom. The maximum Gasteiger partial charge on any atom is 0.438 e. The van der Waals surface area contributed by atoms with Crippen LogP contribution in [0.1, 0.15) is 19.3 Å². The highest BCUT2D eigenvalue weighted by Crippen LogP contribution is 2.47. The van der Waals surface area contributed by atoms with Gasteiger partial charge >= 0.3 is 23.9 Å². The van der Waals surface area contributed by atoms with Crippen molar-refractivity contribution < 1.29 is 48.8 Å². The minimum atomic E-state index is -6.30. The third-order valence-electron chi connectivity index (χ3n) is 3.01. The molecular formula is C9H9F6O5S-. The van der Waals surface area contributed by atoms with Gasteiger partial charge in [-0.1, -0.05) is 6.42 Å². The van der Waals surface area contributed by atoms with Gasteiger partial charge in [0.1, 0.15) is 0 Å². The zero-order chi connectivity index (χ0) is 16.7. The van der Waals surface area contributed by atoms with Crippen molar-refractivity contribution in [3.8, 4) is 0 Å². The molecule has 0 heterocycles. The van der Waals surface area contributed by atoms with Crippen LogP contribution < -0.4 is 0 Å². The molecule has 0 radical (unpaired) electrons. The van der Waals surface area contributed by atoms with Gasteiger partial charge in [-0.3, -0.25) is 4.79 Å². The molecule has 0 bridgehead atoms. The molecule has 0 N–H and O–H groups in total. The molecule has 0 amide bonds. The summed E-state index contributed by atoms with van der Waals surface area (Å²) >= 11 is 0. The van der Waals surface area contributed by atoms with Crippen LogP contribution in [0, 0.1) is 5.92 Å². The molecule has 21 heavy (non-hydrogen) atoms. The van der Waals surface area contributed by atoms with E-state index in [1.54, 1.807) is 0 Å². The van der Waals surface area contributed by atoms with Crippen LogP contribution in [0.2, 0.25) is 0 Å². The van der Waals surface area contributed by atoms with E-state index in [1.807, 2.05) is 0 Å². The van der Waals surface area contributed by atoms with Gasteiger partial charge in [0.05, 0.1) is 21.8 Å². The Bertz CT molecular complexity index is 490. The van der Waals surface area contributed by atoms with Gasteiger partial charge in [0.15, 0.2) is 0 Å². The molecule has 1 fully saturated rings. The van der Waals surface area contributed by atoms with Crippen molar-refractivity contribution in [2.24, 2.45) is 5.92 Å². The van der Waals surface area contributed by atoms with Crippen molar-refractivity contribution in [2.75, 3.05) is 5.75 Å². The highest BCUT2D eigenvalue weighted by atomic mass is 32.2. The molecule has 5 nitrogen and oxygen atoms in total. The number of alkyl halides is 6.